The van der Waals surface area contributed by atoms with Crippen LogP contribution in [-0.4, -0.2) is 41.3 Å². The van der Waals surface area contributed by atoms with Gasteiger partial charge in [-0.2, -0.15) is 4.31 Å². The van der Waals surface area contributed by atoms with Gasteiger partial charge in [-0.1, -0.05) is 11.3 Å². The van der Waals surface area contributed by atoms with Gasteiger partial charge in [0.05, 0.1) is 15.1 Å². The van der Waals surface area contributed by atoms with Crippen molar-refractivity contribution in [3.8, 4) is 0 Å². The van der Waals surface area contributed by atoms with Crippen LogP contribution in [-0.2, 0) is 21.4 Å². The maximum Gasteiger partial charge on any atom is 0.308 e. The topological polar surface area (TPSA) is 101 Å². The van der Waals surface area contributed by atoms with E-state index >= 15 is 0 Å². The summed E-state index contributed by atoms with van der Waals surface area (Å²) in [6.45, 7) is 2.75. The number of hydrogen-bond donors (Lipinski definition) is 1. The van der Waals surface area contributed by atoms with Gasteiger partial charge in [0.1, 0.15) is 12.4 Å². The summed E-state index contributed by atoms with van der Waals surface area (Å²) in [5.74, 6) is 0.0419. The number of aryl methyl sites for hydroxylation is 1. The van der Waals surface area contributed by atoms with Crippen LogP contribution in [0.1, 0.15) is 18.4 Å². The van der Waals surface area contributed by atoms with Crippen LogP contribution < -0.4 is 10.2 Å². The normalized spacial score (nSPS) is 15.1. The van der Waals surface area contributed by atoms with Gasteiger partial charge in [0, 0.05) is 19.3 Å². The minimum absolute atomic E-state index is 0.174. The van der Waals surface area contributed by atoms with Crippen LogP contribution in [0.2, 0.25) is 0 Å². The fourth-order valence-electron chi connectivity index (χ4n) is 3.36. The number of hydrogen-bond acceptors (Lipinski definition) is 6. The molecule has 0 atom stereocenters. The van der Waals surface area contributed by atoms with Crippen molar-refractivity contribution in [3.05, 3.63) is 51.8 Å². The van der Waals surface area contributed by atoms with Gasteiger partial charge in [-0.3, -0.25) is 14.2 Å². The Labute approximate surface area is 171 Å². The SMILES string of the molecule is Cc1ccnc(NC(=O)Cn2c(=O)sc3cc(S(=O)(=O)N4CCCC4)ccc32)c1. The zero-order valence-corrected chi connectivity index (χ0v) is 17.4. The smallest absolute Gasteiger partial charge is 0.308 e. The number of anilines is 1. The summed E-state index contributed by atoms with van der Waals surface area (Å²) in [5.41, 5.74) is 1.49. The molecule has 4 rings (SSSR count). The first-order chi connectivity index (χ1) is 13.8. The second kappa shape index (κ2) is 7.69. The molecular weight excluding hydrogens is 412 g/mol. The molecule has 1 aliphatic heterocycles. The second-order valence-corrected chi connectivity index (χ2v) is 9.89. The number of carbonyl (C=O) groups excluding carboxylic acids is 1. The fraction of sp³-hybridized carbons (Fsp3) is 0.316. The van der Waals surface area contributed by atoms with E-state index in [1.54, 1.807) is 18.3 Å². The summed E-state index contributed by atoms with van der Waals surface area (Å²) >= 11 is 0.931. The molecule has 3 aromatic rings. The number of rotatable bonds is 5. The van der Waals surface area contributed by atoms with Gasteiger partial charge in [0.15, 0.2) is 0 Å². The fourth-order valence-corrected chi connectivity index (χ4v) is 5.91. The van der Waals surface area contributed by atoms with E-state index in [4.69, 9.17) is 0 Å². The third kappa shape index (κ3) is 3.96. The Morgan fingerprint density at radius 3 is 2.69 bits per heavy atom. The molecule has 1 fully saturated rings. The Morgan fingerprint density at radius 1 is 1.21 bits per heavy atom. The summed E-state index contributed by atoms with van der Waals surface area (Å²) in [7, 11) is -3.56. The summed E-state index contributed by atoms with van der Waals surface area (Å²) in [4.78, 5) is 28.7. The largest absolute Gasteiger partial charge is 0.309 e. The Kier molecular flexibility index (Phi) is 5.24. The highest BCUT2D eigenvalue weighted by Gasteiger charge is 2.27. The predicted octanol–water partition coefficient (Wildman–Crippen LogP) is 2.19. The molecule has 2 aromatic heterocycles. The van der Waals surface area contributed by atoms with Gasteiger partial charge in [-0.05, 0) is 55.7 Å². The van der Waals surface area contributed by atoms with Gasteiger partial charge >= 0.3 is 4.87 Å². The molecule has 29 heavy (non-hydrogen) atoms. The molecule has 0 aliphatic carbocycles. The highest BCUT2D eigenvalue weighted by atomic mass is 32.2. The first-order valence-electron chi connectivity index (χ1n) is 9.21. The molecule has 1 aliphatic rings. The number of pyridine rings is 1. The van der Waals surface area contributed by atoms with Crippen LogP contribution in [0.15, 0.2) is 46.2 Å². The van der Waals surface area contributed by atoms with Crippen molar-refractivity contribution in [2.24, 2.45) is 0 Å². The van der Waals surface area contributed by atoms with Gasteiger partial charge in [-0.15, -0.1) is 0 Å². The van der Waals surface area contributed by atoms with E-state index in [1.807, 2.05) is 13.0 Å². The molecule has 1 amide bonds. The average molecular weight is 433 g/mol. The number of fused-ring (bicyclic) bond motifs is 1. The molecule has 0 spiro atoms. The van der Waals surface area contributed by atoms with E-state index in [2.05, 4.69) is 10.3 Å². The second-order valence-electron chi connectivity index (χ2n) is 6.96. The van der Waals surface area contributed by atoms with E-state index in [1.165, 1.54) is 21.0 Å². The Hall–Kier alpha value is -2.56. The lowest BCUT2D eigenvalue weighted by Gasteiger charge is -2.15. The number of aromatic nitrogens is 2. The van der Waals surface area contributed by atoms with Crippen LogP contribution >= 0.6 is 11.3 Å². The molecule has 1 saturated heterocycles. The highest BCUT2D eigenvalue weighted by molar-refractivity contribution is 7.89. The number of nitrogens with one attached hydrogen (secondary N) is 1. The lowest BCUT2D eigenvalue weighted by Crippen LogP contribution is -2.27. The minimum Gasteiger partial charge on any atom is -0.309 e. The summed E-state index contributed by atoms with van der Waals surface area (Å²) in [6.07, 6.45) is 3.31. The van der Waals surface area contributed by atoms with Gasteiger partial charge < -0.3 is 5.32 Å². The number of benzene rings is 1. The molecule has 8 nitrogen and oxygen atoms in total. The number of carbonyl (C=O) groups is 1. The molecule has 0 bridgehead atoms. The monoisotopic (exact) mass is 432 g/mol. The van der Waals surface area contributed by atoms with Crippen molar-refractivity contribution in [1.29, 1.82) is 0 Å². The lowest BCUT2D eigenvalue weighted by molar-refractivity contribution is -0.116. The standard InChI is InChI=1S/C19H20N4O4S2/c1-13-6-7-20-17(10-13)21-18(24)12-23-15-5-4-14(11-16(15)28-19(23)25)29(26,27)22-8-2-3-9-22/h4-7,10-11H,2-3,8-9,12H2,1H3,(H,20,21,24). The van der Waals surface area contributed by atoms with Crippen molar-refractivity contribution in [3.63, 3.8) is 0 Å². The van der Waals surface area contributed by atoms with Crippen molar-refractivity contribution >= 4 is 43.3 Å². The van der Waals surface area contributed by atoms with Crippen LogP contribution in [0.4, 0.5) is 5.82 Å². The molecule has 0 saturated carbocycles. The average Bonchev–Trinajstić information content (AvgIpc) is 3.30. The third-order valence-electron chi connectivity index (χ3n) is 4.83. The molecule has 152 valence electrons. The van der Waals surface area contributed by atoms with Crippen LogP contribution in [0.25, 0.3) is 10.2 Å². The quantitative estimate of drug-likeness (QED) is 0.666. The first-order valence-corrected chi connectivity index (χ1v) is 11.5. The first kappa shape index (κ1) is 19.7. The predicted molar refractivity (Wildman–Crippen MR) is 112 cm³/mol. The Balaban J connectivity index is 1.60. The maximum absolute atomic E-state index is 12.8. The third-order valence-corrected chi connectivity index (χ3v) is 7.66. The summed E-state index contributed by atoms with van der Waals surface area (Å²) in [5, 5.41) is 2.68. The van der Waals surface area contributed by atoms with E-state index in [9.17, 15) is 18.0 Å². The Bertz CT molecular complexity index is 1240. The number of thiazole rings is 1. The van der Waals surface area contributed by atoms with Crippen molar-refractivity contribution in [2.45, 2.75) is 31.2 Å². The van der Waals surface area contributed by atoms with Crippen molar-refractivity contribution < 1.29 is 13.2 Å². The molecule has 3 heterocycles. The van der Waals surface area contributed by atoms with Crippen molar-refractivity contribution in [1.82, 2.24) is 13.9 Å². The lowest BCUT2D eigenvalue weighted by atomic mass is 10.3. The Morgan fingerprint density at radius 2 is 1.97 bits per heavy atom. The molecule has 1 aromatic carbocycles. The van der Waals surface area contributed by atoms with Crippen LogP contribution in [0.5, 0.6) is 0 Å². The minimum atomic E-state index is -3.56. The van der Waals surface area contributed by atoms with Crippen molar-refractivity contribution in [2.75, 3.05) is 18.4 Å². The highest BCUT2D eigenvalue weighted by Crippen LogP contribution is 2.26. The van der Waals surface area contributed by atoms with E-state index < -0.39 is 10.0 Å². The van der Waals surface area contributed by atoms with E-state index in [-0.39, 0.29) is 22.2 Å². The molecule has 0 unspecified atom stereocenters. The van der Waals surface area contributed by atoms with Crippen LogP contribution in [0.3, 0.4) is 0 Å². The molecule has 1 N–H and O–H groups in total. The van der Waals surface area contributed by atoms with Crippen LogP contribution in [0, 0.1) is 6.92 Å². The van der Waals surface area contributed by atoms with Gasteiger partial charge in [0.25, 0.3) is 0 Å². The number of sulfonamides is 1. The number of amides is 1. The number of nitrogens with zero attached hydrogens (tertiary/aromatic N) is 3. The van der Waals surface area contributed by atoms with E-state index in [0.29, 0.717) is 29.1 Å². The summed E-state index contributed by atoms with van der Waals surface area (Å²) < 4.78 is 28.9. The van der Waals surface area contributed by atoms with Gasteiger partial charge in [0.2, 0.25) is 15.9 Å². The summed E-state index contributed by atoms with van der Waals surface area (Å²) in [6, 6.07) is 8.17. The zero-order valence-electron chi connectivity index (χ0n) is 15.8. The van der Waals surface area contributed by atoms with E-state index in [0.717, 1.165) is 29.7 Å². The van der Waals surface area contributed by atoms with Gasteiger partial charge in [-0.25, -0.2) is 13.4 Å². The zero-order chi connectivity index (χ0) is 20.6. The maximum atomic E-state index is 12.8. The molecule has 10 heteroatoms. The molecular formula is C19H20N4O4S2. The molecule has 0 radical (unpaired) electrons.